The molecule has 0 aliphatic heterocycles. The van der Waals surface area contributed by atoms with E-state index in [1.165, 1.54) is 14.0 Å². The van der Waals surface area contributed by atoms with Crippen molar-refractivity contribution in [3.05, 3.63) is 71.9 Å². The number of carboxylic acid groups (broad SMARTS) is 2. The van der Waals surface area contributed by atoms with Crippen LogP contribution in [0.25, 0.3) is 10.9 Å². The van der Waals surface area contributed by atoms with Gasteiger partial charge in [-0.1, -0.05) is 96.5 Å². The molecule has 3 aromatic rings. The first-order valence-corrected chi connectivity index (χ1v) is 38.2. The van der Waals surface area contributed by atoms with Crippen LogP contribution < -0.4 is 87.2 Å². The highest BCUT2D eigenvalue weighted by Crippen LogP contribution is 2.21. The minimum absolute atomic E-state index is 0.0219. The molecular weight excluding hydrogens is 1520 g/mol. The molecule has 644 valence electrons. The molecule has 1 aromatic heterocycles. The van der Waals surface area contributed by atoms with Crippen molar-refractivity contribution in [2.75, 3.05) is 33.3 Å². The molecule has 28 N–H and O–H groups in total. The summed E-state index contributed by atoms with van der Waals surface area (Å²) in [5.41, 5.74) is 29.3. The fourth-order valence-electron chi connectivity index (χ4n) is 12.0. The van der Waals surface area contributed by atoms with E-state index in [9.17, 15) is 103 Å². The zero-order chi connectivity index (χ0) is 87.2. The summed E-state index contributed by atoms with van der Waals surface area (Å²) in [5, 5.41) is 88.8. The maximum Gasteiger partial charge on any atom is 0.328 e. The predicted octanol–water partition coefficient (Wildman–Crippen LogP) is -5.29. The van der Waals surface area contributed by atoms with Gasteiger partial charge in [0.05, 0.1) is 37.9 Å². The Morgan fingerprint density at radius 1 is 0.509 bits per heavy atom. The van der Waals surface area contributed by atoms with E-state index in [1.54, 1.807) is 88.5 Å². The number of amides is 13. The lowest BCUT2D eigenvalue weighted by atomic mass is 9.96. The summed E-state index contributed by atoms with van der Waals surface area (Å²) in [6.45, 7) is 10.5. The summed E-state index contributed by atoms with van der Waals surface area (Å²) in [5.74, 6) is -18.0. The predicted molar refractivity (Wildman–Crippen MR) is 423 cm³/mol. The van der Waals surface area contributed by atoms with Gasteiger partial charge in [0.15, 0.2) is 18.0 Å². The number of nitrogens with two attached hydrogens (primary N) is 5. The van der Waals surface area contributed by atoms with E-state index in [4.69, 9.17) is 28.7 Å². The molecule has 0 bridgehead atoms. The van der Waals surface area contributed by atoms with Crippen LogP contribution in [0.3, 0.4) is 0 Å². The third-order valence-electron chi connectivity index (χ3n) is 18.6. The standard InChI is InChI=1S/C75H118N20O21/c1-10-40(6)60(71(113)94-62(42(8)98)73(115)116)93-69(111)53(33-44-35-83-47-21-15-14-20-46(44)47)89-67(109)50(24-26-56(76)100)86-66(108)51(25-27-59(103)104)87-64(106)48(22-16-28-81-74(77)78)85-68(110)52(31-39(4)5)90-70(112)55(32-43-18-12-11-13-19-43)95(9)58(102)36-84-63(105)54(37-96)91-65(107)49(23-17-29-82-75(79)80)88-72(114)61(41(7)97)92-57(101)34-45(99)30-38(2)3/h11-15,18-21,35,38-42,45,48-55,60-62,83,96-99H,10,16-17,22-34,36-37H2,1-9H3,(H2,76,100)(H,84,105)(H,85,110)(H,86,108)(H,87,106)(H,88,114)(H,89,109)(H,90,112)(H,91,107)(H,92,101)(H,93,111)(H,94,113)(H,103,104)(H,115,116)(H4,77,78,81)(H4,79,80,82)/t40-,41+,42+,45+,48+,49+,50+,51-,52-,53+,54-,55+,60-,61-,62-/m0/s1/i115+2. The number of hydrogen-bond donors (Lipinski definition) is 23. The molecule has 13 amide bonds. The van der Waals surface area contributed by atoms with Gasteiger partial charge < -0.3 is 128 Å². The SMILES string of the molecule is CC[C@H](C)[C@H](NC(=O)[C@@H](Cc1c[nH]c2ccccc12)NC(=O)[C@@H](CCC(N)=O)NC(=O)[C@H](CCC(=O)O)NC(=O)[C@@H](CCCN=C(N)N)NC(=O)[C@H](CC(C)C)NC(=O)[C@@H](Cc1ccccc1)N(C)C(=O)CNC(=O)[C@H](CO)NC(=O)[C@@H](CCCN=C(N)N)NC(=O)[C@@H](NC(=O)C[C@H](O)CC(C)C)[C@@H](C)O)C(=O)N[C@H](C(O)=[18O])[C@@H](C)O. The first kappa shape index (κ1) is 98.6. The van der Waals surface area contributed by atoms with Crippen molar-refractivity contribution in [1.29, 1.82) is 0 Å². The van der Waals surface area contributed by atoms with Crippen LogP contribution in [0, 0.1) is 17.8 Å². The number of guanidine groups is 2. The summed E-state index contributed by atoms with van der Waals surface area (Å²) in [6, 6.07) is -3.01. The maximum atomic E-state index is 14.9. The number of para-hydroxylation sites is 1. The van der Waals surface area contributed by atoms with Gasteiger partial charge in [-0.2, -0.15) is 0 Å². The molecule has 0 fully saturated rings. The van der Waals surface area contributed by atoms with Gasteiger partial charge in [0.25, 0.3) is 0 Å². The number of carboxylic acids is 2. The molecular formula is C75H118N20O21. The van der Waals surface area contributed by atoms with E-state index in [0.717, 1.165) is 11.8 Å². The Balaban J connectivity index is 2.01. The average Bonchev–Trinajstić information content (AvgIpc) is 1.62. The number of aliphatic hydroxyl groups is 4. The molecule has 0 spiro atoms. The number of hydrogen-bond acceptors (Lipinski definition) is 21. The van der Waals surface area contributed by atoms with E-state index in [-0.39, 0.29) is 88.7 Å². The molecule has 0 saturated carbocycles. The second-order valence-electron chi connectivity index (χ2n) is 29.3. The molecule has 0 unspecified atom stereocenters. The minimum Gasteiger partial charge on any atom is -0.481 e. The second kappa shape index (κ2) is 49.9. The monoisotopic (exact) mass is 1640 g/mol. The Labute approximate surface area is 671 Å². The van der Waals surface area contributed by atoms with Crippen molar-refractivity contribution < 1.29 is 103 Å². The molecule has 1 heterocycles. The zero-order valence-electron chi connectivity index (χ0n) is 66.9. The number of aliphatic hydroxyl groups excluding tert-OH is 4. The molecule has 0 saturated heterocycles. The van der Waals surface area contributed by atoms with Crippen LogP contribution in [-0.4, -0.2) is 259 Å². The highest BCUT2D eigenvalue weighted by Gasteiger charge is 2.39. The molecule has 41 heteroatoms. The van der Waals surface area contributed by atoms with Crippen LogP contribution in [0.2, 0.25) is 0 Å². The molecule has 15 atom stereocenters. The number of aliphatic imine (C=N–C) groups is 2. The fraction of sp³-hybridized carbons (Fsp3) is 0.587. The number of likely N-dealkylation sites (N-methyl/N-ethyl adjacent to an activating group) is 1. The van der Waals surface area contributed by atoms with Crippen LogP contribution >= 0.6 is 0 Å². The quantitative estimate of drug-likeness (QED) is 0.0109. The minimum atomic E-state index is -1.86. The van der Waals surface area contributed by atoms with Gasteiger partial charge in [0.2, 0.25) is 76.8 Å². The number of aromatic amines is 1. The third kappa shape index (κ3) is 35.0. The van der Waals surface area contributed by atoms with Crippen molar-refractivity contribution in [2.24, 2.45) is 56.4 Å². The fourth-order valence-corrected chi connectivity index (χ4v) is 12.0. The van der Waals surface area contributed by atoms with Gasteiger partial charge in [0.1, 0.15) is 60.4 Å². The molecule has 116 heavy (non-hydrogen) atoms. The first-order valence-electron chi connectivity index (χ1n) is 38.2. The Hall–Kier alpha value is -11.6. The molecule has 41 nitrogen and oxygen atoms in total. The Bertz CT molecular complexity index is 3870. The van der Waals surface area contributed by atoms with Crippen molar-refractivity contribution in [3.8, 4) is 0 Å². The first-order chi connectivity index (χ1) is 54.6. The number of primary amides is 1. The van der Waals surface area contributed by atoms with E-state index < -0.39 is 231 Å². The van der Waals surface area contributed by atoms with Gasteiger partial charge in [-0.15, -0.1) is 0 Å². The Morgan fingerprint density at radius 3 is 1.46 bits per heavy atom. The number of H-pyrrole nitrogens is 1. The maximum absolute atomic E-state index is 14.9. The van der Waals surface area contributed by atoms with E-state index in [2.05, 4.69) is 73.5 Å². The van der Waals surface area contributed by atoms with Gasteiger partial charge >= 0.3 is 11.9 Å². The van der Waals surface area contributed by atoms with Gasteiger partial charge in [-0.25, -0.2) is 4.79 Å². The number of aromatic nitrogens is 1. The number of aliphatic carboxylic acids is 2. The number of nitrogens with one attached hydrogen (secondary N) is 12. The summed E-state index contributed by atoms with van der Waals surface area (Å²) < 4.78 is 0. The highest BCUT2D eigenvalue weighted by molar-refractivity contribution is 6.00. The number of nitrogens with zero attached hydrogens (tertiary/aromatic N) is 3. The number of rotatable bonds is 53. The van der Waals surface area contributed by atoms with Crippen LogP contribution in [0.1, 0.15) is 144 Å². The van der Waals surface area contributed by atoms with Gasteiger partial charge in [-0.3, -0.25) is 77.1 Å². The van der Waals surface area contributed by atoms with Crippen molar-refractivity contribution in [1.82, 2.24) is 68.4 Å². The second-order valence-corrected chi connectivity index (χ2v) is 29.3. The van der Waals surface area contributed by atoms with E-state index in [0.29, 0.717) is 22.0 Å². The zero-order valence-corrected chi connectivity index (χ0v) is 66.9. The molecule has 0 aliphatic rings. The van der Waals surface area contributed by atoms with Gasteiger partial charge in [-0.05, 0) is 100 Å². The van der Waals surface area contributed by atoms with Crippen molar-refractivity contribution in [2.45, 2.75) is 230 Å². The van der Waals surface area contributed by atoms with E-state index >= 15 is 0 Å². The lowest BCUT2D eigenvalue weighted by molar-refractivity contribution is -0.145. The van der Waals surface area contributed by atoms with Crippen LogP contribution in [0.4, 0.5) is 0 Å². The number of carbonyl (C=O) groups excluding carboxylic acids is 13. The summed E-state index contributed by atoms with van der Waals surface area (Å²) in [4.78, 5) is 219. The Morgan fingerprint density at radius 2 is 0.966 bits per heavy atom. The molecule has 3 rings (SSSR count). The largest absolute Gasteiger partial charge is 0.481 e. The average molecular weight is 1640 g/mol. The van der Waals surface area contributed by atoms with Crippen molar-refractivity contribution in [3.63, 3.8) is 0 Å². The van der Waals surface area contributed by atoms with Crippen molar-refractivity contribution >= 4 is 112 Å². The lowest BCUT2D eigenvalue weighted by Crippen LogP contribution is -2.61. The summed E-state index contributed by atoms with van der Waals surface area (Å²) in [6.07, 6.45) is -6.28. The number of benzene rings is 2. The summed E-state index contributed by atoms with van der Waals surface area (Å²) in [7, 11) is 1.22. The lowest BCUT2D eigenvalue weighted by Gasteiger charge is -2.31. The molecule has 0 radical (unpaired) electrons. The molecule has 2 aromatic carbocycles. The van der Waals surface area contributed by atoms with Crippen LogP contribution in [-0.2, 0) is 84.8 Å². The van der Waals surface area contributed by atoms with Gasteiger partial charge in [0, 0.05) is 62.9 Å². The number of carbonyl (C=O) groups is 15. The highest BCUT2D eigenvalue weighted by atomic mass is 18.1. The van der Waals surface area contributed by atoms with Crippen LogP contribution in [0.5, 0.6) is 0 Å². The Kier molecular flexibility index (Phi) is 42.4. The summed E-state index contributed by atoms with van der Waals surface area (Å²) >= 11 is 0. The van der Waals surface area contributed by atoms with E-state index in [1.807, 2.05) is 13.8 Å². The topological polar surface area (TPSA) is 684 Å². The number of fused-ring (bicyclic) bond motifs is 1. The smallest absolute Gasteiger partial charge is 0.328 e. The third-order valence-corrected chi connectivity index (χ3v) is 18.6. The van der Waals surface area contributed by atoms with Crippen LogP contribution in [0.15, 0.2) is 70.8 Å². The normalized spacial score (nSPS) is 15.1. The molecule has 0 aliphatic carbocycles.